The Morgan fingerprint density at radius 2 is 1.93 bits per heavy atom. The summed E-state index contributed by atoms with van der Waals surface area (Å²) in [7, 11) is 3.36. The summed E-state index contributed by atoms with van der Waals surface area (Å²) in [5.74, 6) is 0.807. The van der Waals surface area contributed by atoms with E-state index in [9.17, 15) is 14.4 Å². The molecule has 12 nitrogen and oxygen atoms in total. The van der Waals surface area contributed by atoms with E-state index in [0.717, 1.165) is 50.4 Å². The van der Waals surface area contributed by atoms with Crippen LogP contribution < -0.4 is 16.4 Å². The first-order valence-corrected chi connectivity index (χ1v) is 15.1. The van der Waals surface area contributed by atoms with Crippen LogP contribution in [0.4, 0.5) is 11.5 Å². The molecule has 1 aliphatic heterocycles. The number of hydrogen-bond acceptors (Lipinski definition) is 8. The lowest BCUT2D eigenvalue weighted by Gasteiger charge is -2.26. The van der Waals surface area contributed by atoms with Crippen LogP contribution in [0.15, 0.2) is 58.6 Å². The molecule has 1 aliphatic carbocycles. The fourth-order valence-corrected chi connectivity index (χ4v) is 6.73. The molecule has 0 saturated heterocycles. The SMILES string of the molecule is COCCN1CCn2nc(Nc3cc(-c4ccnc(-n5ccn6c7c(cc6c5=O)CC(C)(C)C7)c4C=O)cn(C)c3=O)cc2C1. The van der Waals surface area contributed by atoms with Gasteiger partial charge in [-0.2, -0.15) is 5.10 Å². The number of nitrogens with one attached hydrogen (secondary N) is 1. The van der Waals surface area contributed by atoms with Crippen LogP contribution in [0, 0.1) is 5.41 Å². The predicted molar refractivity (Wildman–Crippen MR) is 171 cm³/mol. The molecule has 0 fully saturated rings. The largest absolute Gasteiger partial charge is 0.383 e. The Morgan fingerprint density at radius 3 is 2.73 bits per heavy atom. The van der Waals surface area contributed by atoms with Crippen LogP contribution in [0.2, 0.25) is 0 Å². The standard InChI is InChI=1S/C33H36N8O4/c1-33(2)16-21-14-27-32(44)40(9-8-39(27)28(21)17-33)30-25(20-42)24(5-6-34-30)22-13-26(31(43)37(3)18-22)35-29-15-23-19-38(11-12-45-4)7-10-41(23)36-29/h5-6,8-9,13-15,18,20H,7,10-12,16-17,19H2,1-4H3,(H,35,36). The second-order valence-electron chi connectivity index (χ2n) is 12.8. The molecular formula is C33H36N8O4. The normalized spacial score (nSPS) is 15.7. The molecule has 0 aromatic carbocycles. The summed E-state index contributed by atoms with van der Waals surface area (Å²) in [6.07, 6.45) is 9.31. The number of carbonyl (C=O) groups is 1. The van der Waals surface area contributed by atoms with Gasteiger partial charge in [0.1, 0.15) is 11.2 Å². The van der Waals surface area contributed by atoms with Crippen LogP contribution in [-0.4, -0.2) is 66.3 Å². The van der Waals surface area contributed by atoms with Crippen molar-refractivity contribution in [1.82, 2.24) is 33.2 Å². The number of methoxy groups -OCH3 is 1. The van der Waals surface area contributed by atoms with Crippen molar-refractivity contribution in [2.24, 2.45) is 12.5 Å². The molecule has 45 heavy (non-hydrogen) atoms. The van der Waals surface area contributed by atoms with Gasteiger partial charge in [0.25, 0.3) is 11.1 Å². The Hall–Kier alpha value is -4.81. The van der Waals surface area contributed by atoms with Gasteiger partial charge in [0.15, 0.2) is 17.9 Å². The van der Waals surface area contributed by atoms with Crippen LogP contribution in [0.3, 0.4) is 0 Å². The molecule has 0 saturated carbocycles. The van der Waals surface area contributed by atoms with Gasteiger partial charge in [-0.3, -0.25) is 28.5 Å². The zero-order valence-electron chi connectivity index (χ0n) is 25.9. The number of aldehydes is 1. The number of hydrogen-bond donors (Lipinski definition) is 1. The highest BCUT2D eigenvalue weighted by molar-refractivity contribution is 5.91. The van der Waals surface area contributed by atoms with E-state index in [1.54, 1.807) is 44.9 Å². The summed E-state index contributed by atoms with van der Waals surface area (Å²) in [6, 6.07) is 7.35. The van der Waals surface area contributed by atoms with E-state index in [4.69, 9.17) is 4.74 Å². The van der Waals surface area contributed by atoms with Gasteiger partial charge in [-0.05, 0) is 47.6 Å². The minimum atomic E-state index is -0.246. The number of fused-ring (bicyclic) bond motifs is 4. The highest BCUT2D eigenvalue weighted by Crippen LogP contribution is 2.37. The molecule has 1 N–H and O–H groups in total. The Labute approximate surface area is 259 Å². The maximum absolute atomic E-state index is 13.7. The Morgan fingerprint density at radius 1 is 1.09 bits per heavy atom. The number of aromatic nitrogens is 6. The van der Waals surface area contributed by atoms with Crippen molar-refractivity contribution >= 4 is 23.3 Å². The van der Waals surface area contributed by atoms with E-state index in [-0.39, 0.29) is 27.9 Å². The van der Waals surface area contributed by atoms with Gasteiger partial charge in [-0.15, -0.1) is 0 Å². The maximum atomic E-state index is 13.7. The summed E-state index contributed by atoms with van der Waals surface area (Å²) in [6.45, 7) is 8.32. The molecule has 0 radical (unpaired) electrons. The molecular weight excluding hydrogens is 572 g/mol. The minimum Gasteiger partial charge on any atom is -0.383 e. The quantitative estimate of drug-likeness (QED) is 0.267. The van der Waals surface area contributed by atoms with Gasteiger partial charge >= 0.3 is 0 Å². The summed E-state index contributed by atoms with van der Waals surface area (Å²) < 4.78 is 12.0. The first-order chi connectivity index (χ1) is 21.7. The number of carbonyl (C=O) groups excluding carboxylic acids is 1. The summed E-state index contributed by atoms with van der Waals surface area (Å²) in [5.41, 5.74) is 5.37. The Balaban J connectivity index is 1.24. The van der Waals surface area contributed by atoms with Crippen molar-refractivity contribution in [3.63, 3.8) is 0 Å². The van der Waals surface area contributed by atoms with Crippen LogP contribution >= 0.6 is 0 Å². The van der Waals surface area contributed by atoms with E-state index in [2.05, 4.69) is 34.1 Å². The van der Waals surface area contributed by atoms with Crippen molar-refractivity contribution < 1.29 is 9.53 Å². The predicted octanol–water partition coefficient (Wildman–Crippen LogP) is 3.19. The third-order valence-electron chi connectivity index (χ3n) is 8.91. The molecule has 0 amide bonds. The van der Waals surface area contributed by atoms with E-state index in [1.165, 1.54) is 14.7 Å². The number of aryl methyl sites for hydroxylation is 1. The summed E-state index contributed by atoms with van der Waals surface area (Å²) in [4.78, 5) is 46.3. The lowest BCUT2D eigenvalue weighted by molar-refractivity contribution is 0.112. The first kappa shape index (κ1) is 28.9. The van der Waals surface area contributed by atoms with Crippen LogP contribution in [0.1, 0.15) is 41.2 Å². The van der Waals surface area contributed by atoms with E-state index >= 15 is 0 Å². The molecule has 12 heteroatoms. The smallest absolute Gasteiger partial charge is 0.280 e. The molecule has 7 rings (SSSR count). The lowest BCUT2D eigenvalue weighted by Crippen LogP contribution is -2.35. The molecule has 0 spiro atoms. The third-order valence-corrected chi connectivity index (χ3v) is 8.91. The topological polar surface area (TPSA) is 121 Å². The summed E-state index contributed by atoms with van der Waals surface area (Å²) >= 11 is 0. The van der Waals surface area contributed by atoms with Crippen LogP contribution in [0.25, 0.3) is 22.5 Å². The van der Waals surface area contributed by atoms with Crippen molar-refractivity contribution in [2.75, 3.05) is 32.1 Å². The number of pyridine rings is 2. The van der Waals surface area contributed by atoms with Crippen LogP contribution in [0.5, 0.6) is 0 Å². The van der Waals surface area contributed by atoms with Gasteiger partial charge in [-0.25, -0.2) is 4.98 Å². The van der Waals surface area contributed by atoms with Gasteiger partial charge < -0.3 is 19.0 Å². The highest BCUT2D eigenvalue weighted by Gasteiger charge is 2.32. The zero-order valence-corrected chi connectivity index (χ0v) is 25.9. The van der Waals surface area contributed by atoms with Crippen molar-refractivity contribution in [1.29, 1.82) is 0 Å². The molecule has 232 valence electrons. The van der Waals surface area contributed by atoms with Crippen molar-refractivity contribution in [3.05, 3.63) is 92.3 Å². The zero-order chi connectivity index (χ0) is 31.5. The second-order valence-corrected chi connectivity index (χ2v) is 12.8. The van der Waals surface area contributed by atoms with E-state index in [0.29, 0.717) is 41.0 Å². The maximum Gasteiger partial charge on any atom is 0.280 e. The molecule has 5 aromatic heterocycles. The van der Waals surface area contributed by atoms with Crippen molar-refractivity contribution in [3.8, 4) is 16.9 Å². The molecule has 0 atom stereocenters. The molecule has 0 unspecified atom stereocenters. The van der Waals surface area contributed by atoms with Gasteiger partial charge in [0.05, 0.1) is 24.4 Å². The number of nitrogens with zero attached hydrogens (tertiary/aromatic N) is 7. The average molecular weight is 609 g/mol. The fraction of sp³-hybridized carbons (Fsp3) is 0.364. The second kappa shape index (κ2) is 11.0. The molecule has 0 bridgehead atoms. The minimum absolute atomic E-state index is 0.160. The van der Waals surface area contributed by atoms with Gasteiger partial charge in [0, 0.05) is 75.9 Å². The molecule has 5 aromatic rings. The first-order valence-electron chi connectivity index (χ1n) is 15.1. The van der Waals surface area contributed by atoms with E-state index in [1.807, 2.05) is 27.4 Å². The number of anilines is 2. The number of rotatable bonds is 8. The van der Waals surface area contributed by atoms with Crippen LogP contribution in [-0.2, 0) is 37.7 Å². The summed E-state index contributed by atoms with van der Waals surface area (Å²) in [5, 5.41) is 7.88. The van der Waals surface area contributed by atoms with Gasteiger partial charge in [0.2, 0.25) is 0 Å². The highest BCUT2D eigenvalue weighted by atomic mass is 16.5. The number of ether oxygens (including phenoxy) is 1. The van der Waals surface area contributed by atoms with Gasteiger partial charge in [-0.1, -0.05) is 13.8 Å². The van der Waals surface area contributed by atoms with Crippen molar-refractivity contribution in [2.45, 2.75) is 39.8 Å². The average Bonchev–Trinajstić information content (AvgIpc) is 3.67. The Bertz CT molecular complexity index is 2080. The Kier molecular flexibility index (Phi) is 7.05. The molecule has 2 aliphatic rings. The van der Waals surface area contributed by atoms with E-state index < -0.39 is 0 Å². The fourth-order valence-electron chi connectivity index (χ4n) is 6.73. The monoisotopic (exact) mass is 608 g/mol. The molecule has 6 heterocycles. The lowest BCUT2D eigenvalue weighted by atomic mass is 9.90. The third kappa shape index (κ3) is 5.09.